The number of carbonyl (C=O) groups is 2. The summed E-state index contributed by atoms with van der Waals surface area (Å²) in [5.41, 5.74) is 1.69. The van der Waals surface area contributed by atoms with E-state index in [0.29, 0.717) is 12.1 Å². The summed E-state index contributed by atoms with van der Waals surface area (Å²) in [6.07, 6.45) is 2.54. The number of carbonyl (C=O) groups excluding carboxylic acids is 2. The van der Waals surface area contributed by atoms with E-state index in [2.05, 4.69) is 10.6 Å². The number of nitrogens with one attached hydrogen (secondary N) is 2. The molecule has 1 aromatic carbocycles. The maximum absolute atomic E-state index is 12.5. The fourth-order valence-corrected chi connectivity index (χ4v) is 2.68. The van der Waals surface area contributed by atoms with E-state index in [0.717, 1.165) is 16.9 Å². The molecule has 2 rings (SSSR count). The SMILES string of the molecule is CCCNC(=O)/C(=C/c1cccs1)NC(=O)c1ccccc1C. The average Bonchev–Trinajstić information content (AvgIpc) is 3.05. The van der Waals surface area contributed by atoms with Crippen molar-refractivity contribution in [1.29, 1.82) is 0 Å². The topological polar surface area (TPSA) is 58.2 Å². The first-order valence-electron chi connectivity index (χ1n) is 7.52. The third-order valence-corrected chi connectivity index (χ3v) is 4.07. The maximum atomic E-state index is 12.5. The standard InChI is InChI=1S/C18H20N2O2S/c1-3-10-19-18(22)16(12-14-8-6-11-23-14)20-17(21)15-9-5-4-7-13(15)2/h4-9,11-12H,3,10H2,1-2H3,(H,19,22)(H,20,21)/b16-12-. The van der Waals surface area contributed by atoms with E-state index in [-0.39, 0.29) is 17.5 Å². The summed E-state index contributed by atoms with van der Waals surface area (Å²) in [5, 5.41) is 7.46. The molecule has 2 aromatic rings. The van der Waals surface area contributed by atoms with Gasteiger partial charge in [-0.15, -0.1) is 11.3 Å². The van der Waals surface area contributed by atoms with Gasteiger partial charge in [0.25, 0.3) is 11.8 Å². The Morgan fingerprint density at radius 2 is 1.96 bits per heavy atom. The highest BCUT2D eigenvalue weighted by atomic mass is 32.1. The van der Waals surface area contributed by atoms with Crippen molar-refractivity contribution in [1.82, 2.24) is 10.6 Å². The van der Waals surface area contributed by atoms with E-state index < -0.39 is 0 Å². The summed E-state index contributed by atoms with van der Waals surface area (Å²) in [6, 6.07) is 11.1. The Balaban J connectivity index is 2.22. The van der Waals surface area contributed by atoms with Crippen LogP contribution in [0.5, 0.6) is 0 Å². The summed E-state index contributed by atoms with van der Waals surface area (Å²) in [4.78, 5) is 25.7. The van der Waals surface area contributed by atoms with Gasteiger partial charge in [0.05, 0.1) is 0 Å². The van der Waals surface area contributed by atoms with Crippen molar-refractivity contribution in [2.75, 3.05) is 6.54 Å². The minimum Gasteiger partial charge on any atom is -0.351 e. The van der Waals surface area contributed by atoms with Gasteiger partial charge in [0.1, 0.15) is 5.70 Å². The van der Waals surface area contributed by atoms with Gasteiger partial charge >= 0.3 is 0 Å². The second-order valence-corrected chi connectivity index (χ2v) is 6.08. The van der Waals surface area contributed by atoms with Crippen molar-refractivity contribution in [3.8, 4) is 0 Å². The van der Waals surface area contributed by atoms with E-state index in [1.165, 1.54) is 11.3 Å². The van der Waals surface area contributed by atoms with E-state index in [9.17, 15) is 9.59 Å². The molecule has 0 atom stereocenters. The number of rotatable bonds is 6. The van der Waals surface area contributed by atoms with Gasteiger partial charge in [-0.1, -0.05) is 31.2 Å². The first-order chi connectivity index (χ1) is 11.1. The van der Waals surface area contributed by atoms with Crippen LogP contribution in [0.4, 0.5) is 0 Å². The molecule has 2 N–H and O–H groups in total. The molecule has 0 fully saturated rings. The van der Waals surface area contributed by atoms with Crippen molar-refractivity contribution >= 4 is 29.2 Å². The van der Waals surface area contributed by atoms with Crippen LogP contribution < -0.4 is 10.6 Å². The number of benzene rings is 1. The summed E-state index contributed by atoms with van der Waals surface area (Å²) in [6.45, 7) is 4.42. The first kappa shape index (κ1) is 17.0. The highest BCUT2D eigenvalue weighted by molar-refractivity contribution is 7.10. The molecular weight excluding hydrogens is 308 g/mol. The van der Waals surface area contributed by atoms with Gasteiger partial charge in [-0.2, -0.15) is 0 Å². The molecule has 0 unspecified atom stereocenters. The highest BCUT2D eigenvalue weighted by Crippen LogP contribution is 2.14. The molecule has 4 nitrogen and oxygen atoms in total. The summed E-state index contributed by atoms with van der Waals surface area (Å²) in [5.74, 6) is -0.556. The van der Waals surface area contributed by atoms with Crippen LogP contribution in [-0.4, -0.2) is 18.4 Å². The van der Waals surface area contributed by atoms with Crippen LogP contribution in [0.15, 0.2) is 47.5 Å². The van der Waals surface area contributed by atoms with E-state index in [4.69, 9.17) is 0 Å². The van der Waals surface area contributed by atoms with Gasteiger partial charge in [0.15, 0.2) is 0 Å². The van der Waals surface area contributed by atoms with Crippen LogP contribution in [0, 0.1) is 6.92 Å². The van der Waals surface area contributed by atoms with Crippen molar-refractivity contribution in [3.63, 3.8) is 0 Å². The maximum Gasteiger partial charge on any atom is 0.267 e. The summed E-state index contributed by atoms with van der Waals surface area (Å²) < 4.78 is 0. The Hall–Kier alpha value is -2.40. The fraction of sp³-hybridized carbons (Fsp3) is 0.222. The monoisotopic (exact) mass is 328 g/mol. The normalized spacial score (nSPS) is 11.1. The Morgan fingerprint density at radius 1 is 1.17 bits per heavy atom. The number of hydrogen-bond acceptors (Lipinski definition) is 3. The Labute approximate surface area is 140 Å². The lowest BCUT2D eigenvalue weighted by Gasteiger charge is -2.11. The van der Waals surface area contributed by atoms with Gasteiger partial charge in [-0.3, -0.25) is 9.59 Å². The van der Waals surface area contributed by atoms with Gasteiger partial charge < -0.3 is 10.6 Å². The fourth-order valence-electron chi connectivity index (χ4n) is 2.03. The number of thiophene rings is 1. The lowest BCUT2D eigenvalue weighted by atomic mass is 10.1. The lowest BCUT2D eigenvalue weighted by Crippen LogP contribution is -2.35. The molecule has 0 saturated heterocycles. The van der Waals surface area contributed by atoms with Gasteiger partial charge in [0, 0.05) is 17.0 Å². The zero-order valence-corrected chi connectivity index (χ0v) is 14.1. The van der Waals surface area contributed by atoms with Crippen LogP contribution in [-0.2, 0) is 4.79 Å². The summed E-state index contributed by atoms with van der Waals surface area (Å²) >= 11 is 1.51. The summed E-state index contributed by atoms with van der Waals surface area (Å²) in [7, 11) is 0. The Kier molecular flexibility index (Phi) is 6.11. The molecule has 0 spiro atoms. The highest BCUT2D eigenvalue weighted by Gasteiger charge is 2.15. The quantitative estimate of drug-likeness (QED) is 0.799. The van der Waals surface area contributed by atoms with Crippen LogP contribution in [0.3, 0.4) is 0 Å². The first-order valence-corrected chi connectivity index (χ1v) is 8.40. The molecule has 0 aliphatic heterocycles. The lowest BCUT2D eigenvalue weighted by molar-refractivity contribution is -0.117. The van der Waals surface area contributed by atoms with Gasteiger partial charge in [-0.05, 0) is 42.5 Å². The largest absolute Gasteiger partial charge is 0.351 e. The van der Waals surface area contributed by atoms with E-state index >= 15 is 0 Å². The predicted octanol–water partition coefficient (Wildman–Crippen LogP) is 3.35. The molecule has 0 aliphatic rings. The van der Waals surface area contributed by atoms with Crippen molar-refractivity contribution in [3.05, 3.63) is 63.5 Å². The van der Waals surface area contributed by atoms with Gasteiger partial charge in [0.2, 0.25) is 0 Å². The van der Waals surface area contributed by atoms with Crippen LogP contribution in [0.25, 0.3) is 6.08 Å². The number of aryl methyl sites for hydroxylation is 1. The molecule has 0 bridgehead atoms. The predicted molar refractivity (Wildman–Crippen MR) is 94.2 cm³/mol. The average molecular weight is 328 g/mol. The zero-order valence-electron chi connectivity index (χ0n) is 13.3. The molecule has 5 heteroatoms. The molecule has 0 saturated carbocycles. The van der Waals surface area contributed by atoms with E-state index in [1.54, 1.807) is 12.1 Å². The Morgan fingerprint density at radius 3 is 2.61 bits per heavy atom. The molecule has 120 valence electrons. The molecular formula is C18H20N2O2S. The second kappa shape index (κ2) is 8.29. The number of hydrogen-bond donors (Lipinski definition) is 2. The number of amides is 2. The molecule has 1 aromatic heterocycles. The molecule has 0 radical (unpaired) electrons. The van der Waals surface area contributed by atoms with Gasteiger partial charge in [-0.25, -0.2) is 0 Å². The Bertz CT molecular complexity index is 706. The third kappa shape index (κ3) is 4.79. The van der Waals surface area contributed by atoms with Crippen molar-refractivity contribution in [2.24, 2.45) is 0 Å². The van der Waals surface area contributed by atoms with E-state index in [1.807, 2.05) is 49.6 Å². The molecule has 0 aliphatic carbocycles. The molecule has 2 amide bonds. The van der Waals surface area contributed by atoms with Crippen LogP contribution >= 0.6 is 11.3 Å². The molecule has 23 heavy (non-hydrogen) atoms. The van der Waals surface area contributed by atoms with Crippen LogP contribution in [0.1, 0.15) is 34.1 Å². The van der Waals surface area contributed by atoms with Crippen LogP contribution in [0.2, 0.25) is 0 Å². The third-order valence-electron chi connectivity index (χ3n) is 3.25. The molecule has 1 heterocycles. The van der Waals surface area contributed by atoms with Crippen molar-refractivity contribution in [2.45, 2.75) is 20.3 Å². The second-order valence-electron chi connectivity index (χ2n) is 5.10. The zero-order chi connectivity index (χ0) is 16.7. The minimum atomic E-state index is -0.280. The van der Waals surface area contributed by atoms with Crippen molar-refractivity contribution < 1.29 is 9.59 Å². The smallest absolute Gasteiger partial charge is 0.267 e. The minimum absolute atomic E-state index is 0.258.